The number of H-pyrrole nitrogens is 1. The summed E-state index contributed by atoms with van der Waals surface area (Å²) in [7, 11) is 0. The highest BCUT2D eigenvalue weighted by atomic mass is 14.9. The van der Waals surface area contributed by atoms with E-state index in [1.807, 2.05) is 6.20 Å². The highest BCUT2D eigenvalue weighted by molar-refractivity contribution is 5.82. The van der Waals surface area contributed by atoms with Crippen LogP contribution in [0.1, 0.15) is 24.8 Å². The third-order valence-electron chi connectivity index (χ3n) is 3.91. The van der Waals surface area contributed by atoms with E-state index >= 15 is 0 Å². The minimum absolute atomic E-state index is 0.188. The van der Waals surface area contributed by atoms with Crippen LogP contribution in [0.3, 0.4) is 0 Å². The number of nitrogens with zero attached hydrogens (tertiary/aromatic N) is 1. The van der Waals surface area contributed by atoms with Crippen LogP contribution in [0.2, 0.25) is 0 Å². The Morgan fingerprint density at radius 2 is 2.28 bits per heavy atom. The third-order valence-corrected chi connectivity index (χ3v) is 3.91. The molecular weight excluding hydrogens is 222 g/mol. The van der Waals surface area contributed by atoms with E-state index in [0.29, 0.717) is 6.04 Å². The van der Waals surface area contributed by atoms with Gasteiger partial charge in [-0.2, -0.15) is 5.26 Å². The maximum Gasteiger partial charge on any atom is 0.0672 e. The van der Waals surface area contributed by atoms with Crippen molar-refractivity contribution in [1.29, 1.82) is 5.26 Å². The summed E-state index contributed by atoms with van der Waals surface area (Å²) in [4.78, 5) is 3.28. The first-order chi connectivity index (χ1) is 8.88. The highest BCUT2D eigenvalue weighted by Crippen LogP contribution is 2.25. The van der Waals surface area contributed by atoms with Crippen LogP contribution in [0, 0.1) is 17.2 Å². The predicted molar refractivity (Wildman–Crippen MR) is 71.9 cm³/mol. The molecule has 0 amide bonds. The Hall–Kier alpha value is -1.79. The van der Waals surface area contributed by atoms with E-state index in [4.69, 9.17) is 5.26 Å². The molecule has 3 heteroatoms. The Morgan fingerprint density at radius 3 is 3.17 bits per heavy atom. The molecule has 0 spiro atoms. The van der Waals surface area contributed by atoms with Gasteiger partial charge in [-0.05, 0) is 29.9 Å². The van der Waals surface area contributed by atoms with Crippen molar-refractivity contribution in [2.45, 2.75) is 31.8 Å². The molecule has 3 nitrogen and oxygen atoms in total. The molecule has 2 N–H and O–H groups in total. The van der Waals surface area contributed by atoms with Gasteiger partial charge in [0.2, 0.25) is 0 Å². The average Bonchev–Trinajstić information content (AvgIpc) is 3.04. The molecule has 2 aromatic rings. The molecular formula is C15H17N3. The molecule has 1 aliphatic rings. The van der Waals surface area contributed by atoms with Crippen LogP contribution in [0.4, 0.5) is 0 Å². The number of hydrogen-bond donors (Lipinski definition) is 2. The molecule has 18 heavy (non-hydrogen) atoms. The number of para-hydroxylation sites is 1. The molecule has 1 aromatic heterocycles. The van der Waals surface area contributed by atoms with Gasteiger partial charge in [0.05, 0.1) is 12.0 Å². The van der Waals surface area contributed by atoms with E-state index in [1.165, 1.54) is 22.9 Å². The fourth-order valence-electron chi connectivity index (χ4n) is 2.90. The second-order valence-corrected chi connectivity index (χ2v) is 5.01. The number of nitrogens with one attached hydrogen (secondary N) is 2. The number of benzene rings is 1. The summed E-state index contributed by atoms with van der Waals surface area (Å²) in [5.74, 6) is 0.188. The Bertz CT molecular complexity index is 579. The molecule has 0 saturated heterocycles. The number of hydrogen-bond acceptors (Lipinski definition) is 2. The van der Waals surface area contributed by atoms with Crippen LogP contribution in [-0.2, 0) is 6.54 Å². The van der Waals surface area contributed by atoms with Crippen LogP contribution >= 0.6 is 0 Å². The minimum Gasteiger partial charge on any atom is -0.361 e. The second kappa shape index (κ2) is 4.83. The van der Waals surface area contributed by atoms with Crippen molar-refractivity contribution in [1.82, 2.24) is 10.3 Å². The Kier molecular flexibility index (Phi) is 3.04. The van der Waals surface area contributed by atoms with E-state index < -0.39 is 0 Å². The van der Waals surface area contributed by atoms with Gasteiger partial charge in [-0.1, -0.05) is 24.6 Å². The van der Waals surface area contributed by atoms with Crippen LogP contribution in [0.25, 0.3) is 10.9 Å². The first kappa shape index (κ1) is 11.3. The quantitative estimate of drug-likeness (QED) is 0.865. The van der Waals surface area contributed by atoms with Crippen molar-refractivity contribution in [3.8, 4) is 6.07 Å². The van der Waals surface area contributed by atoms with E-state index in [2.05, 4.69) is 40.6 Å². The summed E-state index contributed by atoms with van der Waals surface area (Å²) in [6.07, 6.45) is 5.31. The number of fused-ring (bicyclic) bond motifs is 1. The molecule has 3 rings (SSSR count). The van der Waals surface area contributed by atoms with Gasteiger partial charge in [0.15, 0.2) is 0 Å². The van der Waals surface area contributed by atoms with Crippen molar-refractivity contribution in [2.24, 2.45) is 5.92 Å². The molecule has 0 aliphatic heterocycles. The molecule has 0 bridgehead atoms. The molecule has 92 valence electrons. The predicted octanol–water partition coefficient (Wildman–Crippen LogP) is 2.95. The van der Waals surface area contributed by atoms with E-state index in [9.17, 15) is 0 Å². The normalized spacial score (nSPS) is 23.3. The van der Waals surface area contributed by atoms with Gasteiger partial charge in [-0.15, -0.1) is 0 Å². The lowest BCUT2D eigenvalue weighted by Crippen LogP contribution is -2.31. The zero-order valence-electron chi connectivity index (χ0n) is 10.3. The van der Waals surface area contributed by atoms with Gasteiger partial charge in [0.1, 0.15) is 0 Å². The molecule has 2 atom stereocenters. The smallest absolute Gasteiger partial charge is 0.0672 e. The second-order valence-electron chi connectivity index (χ2n) is 5.01. The maximum atomic E-state index is 9.08. The van der Waals surface area contributed by atoms with Gasteiger partial charge in [-0.25, -0.2) is 0 Å². The van der Waals surface area contributed by atoms with Crippen molar-refractivity contribution in [3.63, 3.8) is 0 Å². The number of aromatic nitrogens is 1. The van der Waals surface area contributed by atoms with Gasteiger partial charge in [0.25, 0.3) is 0 Å². The van der Waals surface area contributed by atoms with Crippen LogP contribution in [0.5, 0.6) is 0 Å². The number of nitriles is 1. The maximum absolute atomic E-state index is 9.08. The Morgan fingerprint density at radius 1 is 1.33 bits per heavy atom. The summed E-state index contributed by atoms with van der Waals surface area (Å²) in [6.45, 7) is 0.834. The largest absolute Gasteiger partial charge is 0.361 e. The summed E-state index contributed by atoms with van der Waals surface area (Å²) >= 11 is 0. The van der Waals surface area contributed by atoms with Gasteiger partial charge in [-0.3, -0.25) is 0 Å². The highest BCUT2D eigenvalue weighted by Gasteiger charge is 2.26. The molecule has 1 heterocycles. The number of aromatic amines is 1. The SMILES string of the molecule is N#CC1CCCC1NCc1cccc2cc[nH]c12. The van der Waals surface area contributed by atoms with Gasteiger partial charge >= 0.3 is 0 Å². The molecule has 0 radical (unpaired) electrons. The Labute approximate surface area is 107 Å². The first-order valence-corrected chi connectivity index (χ1v) is 6.56. The van der Waals surface area contributed by atoms with Crippen LogP contribution in [0.15, 0.2) is 30.5 Å². The van der Waals surface area contributed by atoms with Crippen molar-refractivity contribution in [3.05, 3.63) is 36.0 Å². The molecule has 1 fully saturated rings. The molecule has 1 aliphatic carbocycles. The zero-order chi connectivity index (χ0) is 12.4. The lowest BCUT2D eigenvalue weighted by Gasteiger charge is -2.15. The van der Waals surface area contributed by atoms with Crippen molar-refractivity contribution in [2.75, 3.05) is 0 Å². The zero-order valence-corrected chi connectivity index (χ0v) is 10.3. The first-order valence-electron chi connectivity index (χ1n) is 6.56. The molecule has 2 unspecified atom stereocenters. The fourth-order valence-corrected chi connectivity index (χ4v) is 2.90. The summed E-state index contributed by atoms with van der Waals surface area (Å²) in [5, 5.41) is 13.9. The van der Waals surface area contributed by atoms with E-state index in [0.717, 1.165) is 19.4 Å². The summed E-state index contributed by atoms with van der Waals surface area (Å²) < 4.78 is 0. The van der Waals surface area contributed by atoms with Crippen LogP contribution in [-0.4, -0.2) is 11.0 Å². The minimum atomic E-state index is 0.188. The Balaban J connectivity index is 1.73. The topological polar surface area (TPSA) is 51.6 Å². The van der Waals surface area contributed by atoms with Crippen LogP contribution < -0.4 is 5.32 Å². The molecule has 1 aromatic carbocycles. The van der Waals surface area contributed by atoms with Crippen molar-refractivity contribution < 1.29 is 0 Å². The molecule has 1 saturated carbocycles. The number of rotatable bonds is 3. The average molecular weight is 239 g/mol. The van der Waals surface area contributed by atoms with Gasteiger partial charge in [0, 0.05) is 24.3 Å². The van der Waals surface area contributed by atoms with E-state index in [1.54, 1.807) is 0 Å². The van der Waals surface area contributed by atoms with Crippen molar-refractivity contribution >= 4 is 10.9 Å². The fraction of sp³-hybridized carbons (Fsp3) is 0.400. The lowest BCUT2D eigenvalue weighted by molar-refractivity contribution is 0.465. The third kappa shape index (κ3) is 2.00. The lowest BCUT2D eigenvalue weighted by atomic mass is 10.1. The standard InChI is InChI=1S/C15H17N3/c16-9-12-4-2-6-14(12)18-10-13-5-1-3-11-7-8-17-15(11)13/h1,3,5,7-8,12,14,17-18H,2,4,6,10H2. The monoisotopic (exact) mass is 239 g/mol. The summed E-state index contributed by atoms with van der Waals surface area (Å²) in [5.41, 5.74) is 2.48. The summed E-state index contributed by atoms with van der Waals surface area (Å²) in [6, 6.07) is 11.2. The van der Waals surface area contributed by atoms with E-state index in [-0.39, 0.29) is 5.92 Å². The van der Waals surface area contributed by atoms with Gasteiger partial charge < -0.3 is 10.3 Å².